The van der Waals surface area contributed by atoms with Gasteiger partial charge in [-0.1, -0.05) is 25.5 Å². The number of unbranched alkanes of at least 4 members (excludes halogenated alkanes) is 1. The standard InChI is InChI=1S/C17H16ClNOS/c1-2-3-10-19-15-7-5-4-6-13(15)17(20)14-11-12(21-18)8-9-16(14)19/h4-9,11H,2-3,10H2,1H3. The van der Waals surface area contributed by atoms with Crippen LogP contribution in [-0.2, 0) is 6.54 Å². The Kier molecular flexibility index (Phi) is 4.22. The number of aromatic nitrogens is 1. The summed E-state index contributed by atoms with van der Waals surface area (Å²) in [5.74, 6) is 0. The summed E-state index contributed by atoms with van der Waals surface area (Å²) < 4.78 is 2.25. The van der Waals surface area contributed by atoms with Gasteiger partial charge in [-0.25, -0.2) is 0 Å². The molecule has 2 nitrogen and oxygen atoms in total. The van der Waals surface area contributed by atoms with E-state index in [1.54, 1.807) is 0 Å². The molecule has 0 bridgehead atoms. The molecular formula is C17H16ClNOS. The predicted octanol–water partition coefficient (Wildman–Crippen LogP) is 5.20. The number of para-hydroxylation sites is 1. The molecule has 21 heavy (non-hydrogen) atoms. The molecule has 0 aliphatic heterocycles. The zero-order valence-electron chi connectivity index (χ0n) is 11.8. The molecule has 0 saturated carbocycles. The monoisotopic (exact) mass is 317 g/mol. The Labute approximate surface area is 132 Å². The van der Waals surface area contributed by atoms with Gasteiger partial charge < -0.3 is 4.57 Å². The van der Waals surface area contributed by atoms with E-state index < -0.39 is 0 Å². The summed E-state index contributed by atoms with van der Waals surface area (Å²) in [5, 5.41) is 1.52. The normalized spacial score (nSPS) is 11.3. The van der Waals surface area contributed by atoms with Gasteiger partial charge in [0, 0.05) is 22.2 Å². The SMILES string of the molecule is CCCCn1c2ccccc2c(=O)c2cc(SCl)ccc21. The second-order valence-electron chi connectivity index (χ2n) is 5.11. The fourth-order valence-electron chi connectivity index (χ4n) is 2.71. The maximum atomic E-state index is 12.7. The summed E-state index contributed by atoms with van der Waals surface area (Å²) in [4.78, 5) is 13.6. The fourth-order valence-corrected chi connectivity index (χ4v) is 3.28. The molecule has 0 unspecified atom stereocenters. The number of fused-ring (bicyclic) bond motifs is 2. The predicted molar refractivity (Wildman–Crippen MR) is 92.3 cm³/mol. The summed E-state index contributed by atoms with van der Waals surface area (Å²) >= 11 is 0. The lowest BCUT2D eigenvalue weighted by Crippen LogP contribution is -2.11. The highest BCUT2D eigenvalue weighted by atomic mass is 35.7. The van der Waals surface area contributed by atoms with Crippen LogP contribution < -0.4 is 5.43 Å². The first-order valence-electron chi connectivity index (χ1n) is 7.10. The smallest absolute Gasteiger partial charge is 0.197 e. The van der Waals surface area contributed by atoms with E-state index in [1.807, 2.05) is 42.5 Å². The summed E-state index contributed by atoms with van der Waals surface area (Å²) in [6.07, 6.45) is 2.21. The van der Waals surface area contributed by atoms with Crippen molar-refractivity contribution in [3.8, 4) is 0 Å². The largest absolute Gasteiger partial charge is 0.340 e. The van der Waals surface area contributed by atoms with Gasteiger partial charge in [-0.3, -0.25) is 4.79 Å². The van der Waals surface area contributed by atoms with Crippen molar-refractivity contribution >= 4 is 43.5 Å². The van der Waals surface area contributed by atoms with Gasteiger partial charge in [0.2, 0.25) is 0 Å². The molecule has 2 aromatic carbocycles. The molecule has 3 aromatic rings. The van der Waals surface area contributed by atoms with E-state index in [9.17, 15) is 4.79 Å². The highest BCUT2D eigenvalue weighted by Crippen LogP contribution is 2.27. The fraction of sp³-hybridized carbons (Fsp3) is 0.235. The first-order chi connectivity index (χ1) is 10.3. The Morgan fingerprint density at radius 3 is 2.62 bits per heavy atom. The molecule has 0 aliphatic rings. The molecule has 1 heterocycles. The lowest BCUT2D eigenvalue weighted by Gasteiger charge is -2.15. The van der Waals surface area contributed by atoms with Crippen molar-refractivity contribution in [3.05, 3.63) is 52.7 Å². The van der Waals surface area contributed by atoms with Gasteiger partial charge in [-0.05, 0) is 58.4 Å². The molecular weight excluding hydrogens is 302 g/mol. The third kappa shape index (κ3) is 2.56. The van der Waals surface area contributed by atoms with Gasteiger partial charge in [-0.2, -0.15) is 0 Å². The third-order valence-corrected chi connectivity index (χ3v) is 4.73. The Balaban J connectivity index is 2.42. The second kappa shape index (κ2) is 6.12. The topological polar surface area (TPSA) is 22.0 Å². The first kappa shape index (κ1) is 14.5. The minimum absolute atomic E-state index is 0.0842. The molecule has 3 rings (SSSR count). The van der Waals surface area contributed by atoms with Crippen LogP contribution in [0.25, 0.3) is 21.8 Å². The maximum Gasteiger partial charge on any atom is 0.197 e. The van der Waals surface area contributed by atoms with Gasteiger partial charge in [0.05, 0.1) is 11.0 Å². The number of halogens is 1. The molecule has 1 aromatic heterocycles. The Morgan fingerprint density at radius 2 is 1.86 bits per heavy atom. The zero-order valence-corrected chi connectivity index (χ0v) is 13.4. The molecule has 4 heteroatoms. The summed E-state index contributed by atoms with van der Waals surface area (Å²) in [6, 6.07) is 13.7. The van der Waals surface area contributed by atoms with Crippen molar-refractivity contribution in [1.29, 1.82) is 0 Å². The van der Waals surface area contributed by atoms with E-state index in [4.69, 9.17) is 10.7 Å². The van der Waals surface area contributed by atoms with Crippen molar-refractivity contribution in [3.63, 3.8) is 0 Å². The highest BCUT2D eigenvalue weighted by Gasteiger charge is 2.10. The van der Waals surface area contributed by atoms with Crippen LogP contribution in [0.3, 0.4) is 0 Å². The lowest BCUT2D eigenvalue weighted by molar-refractivity contribution is 0.662. The van der Waals surface area contributed by atoms with Crippen LogP contribution in [0.4, 0.5) is 0 Å². The van der Waals surface area contributed by atoms with Crippen LogP contribution in [0.1, 0.15) is 19.8 Å². The van der Waals surface area contributed by atoms with Crippen LogP contribution in [0.2, 0.25) is 0 Å². The Hall–Kier alpha value is -1.45. The van der Waals surface area contributed by atoms with E-state index in [0.29, 0.717) is 0 Å². The quantitative estimate of drug-likeness (QED) is 0.617. The van der Waals surface area contributed by atoms with Crippen LogP contribution >= 0.6 is 21.7 Å². The summed E-state index contributed by atoms with van der Waals surface area (Å²) in [6.45, 7) is 3.09. The van der Waals surface area contributed by atoms with Crippen LogP contribution in [-0.4, -0.2) is 4.57 Å². The van der Waals surface area contributed by atoms with Gasteiger partial charge in [-0.15, -0.1) is 0 Å². The van der Waals surface area contributed by atoms with E-state index in [2.05, 4.69) is 11.5 Å². The molecule has 0 saturated heterocycles. The number of nitrogens with zero attached hydrogens (tertiary/aromatic N) is 1. The number of rotatable bonds is 4. The summed E-state index contributed by atoms with van der Waals surface area (Å²) in [5.41, 5.74) is 2.08. The Morgan fingerprint density at radius 1 is 1.10 bits per heavy atom. The number of aryl methyl sites for hydroxylation is 1. The van der Waals surface area contributed by atoms with E-state index in [-0.39, 0.29) is 5.43 Å². The molecule has 0 aliphatic carbocycles. The van der Waals surface area contributed by atoms with Crippen molar-refractivity contribution < 1.29 is 0 Å². The van der Waals surface area contributed by atoms with Crippen molar-refractivity contribution in [2.45, 2.75) is 31.2 Å². The van der Waals surface area contributed by atoms with Crippen molar-refractivity contribution in [1.82, 2.24) is 4.57 Å². The number of hydrogen-bond donors (Lipinski definition) is 0. The van der Waals surface area contributed by atoms with Crippen LogP contribution in [0, 0.1) is 0 Å². The third-order valence-electron chi connectivity index (χ3n) is 3.77. The number of benzene rings is 2. The van der Waals surface area contributed by atoms with Crippen LogP contribution in [0.15, 0.2) is 52.2 Å². The molecule has 0 spiro atoms. The highest BCUT2D eigenvalue weighted by molar-refractivity contribution is 8.21. The Bertz CT molecular complexity index is 856. The average Bonchev–Trinajstić information content (AvgIpc) is 2.54. The van der Waals surface area contributed by atoms with Gasteiger partial charge in [0.1, 0.15) is 0 Å². The molecule has 0 fully saturated rings. The maximum absolute atomic E-state index is 12.7. The first-order valence-corrected chi connectivity index (χ1v) is 8.74. The molecule has 0 N–H and O–H groups in total. The number of pyridine rings is 1. The summed E-state index contributed by atoms with van der Waals surface area (Å²) in [7, 11) is 6.97. The van der Waals surface area contributed by atoms with Gasteiger partial charge in [0.25, 0.3) is 0 Å². The van der Waals surface area contributed by atoms with Crippen molar-refractivity contribution in [2.24, 2.45) is 0 Å². The van der Waals surface area contributed by atoms with E-state index in [0.717, 1.165) is 57.1 Å². The number of hydrogen-bond acceptors (Lipinski definition) is 2. The van der Waals surface area contributed by atoms with E-state index in [1.165, 1.54) is 0 Å². The molecule has 0 radical (unpaired) electrons. The lowest BCUT2D eigenvalue weighted by atomic mass is 10.1. The molecule has 0 amide bonds. The van der Waals surface area contributed by atoms with Gasteiger partial charge >= 0.3 is 0 Å². The minimum Gasteiger partial charge on any atom is -0.340 e. The minimum atomic E-state index is 0.0842. The van der Waals surface area contributed by atoms with Crippen molar-refractivity contribution in [2.75, 3.05) is 0 Å². The average molecular weight is 318 g/mol. The van der Waals surface area contributed by atoms with E-state index >= 15 is 0 Å². The molecule has 0 atom stereocenters. The zero-order chi connectivity index (χ0) is 14.8. The second-order valence-corrected chi connectivity index (χ2v) is 6.20. The van der Waals surface area contributed by atoms with Crippen LogP contribution in [0.5, 0.6) is 0 Å². The van der Waals surface area contributed by atoms with Gasteiger partial charge in [0.15, 0.2) is 5.43 Å². The molecule has 108 valence electrons.